The molecule has 6 heteroatoms. The summed E-state index contributed by atoms with van der Waals surface area (Å²) >= 11 is 1.54. The van der Waals surface area contributed by atoms with E-state index in [1.165, 1.54) is 11.8 Å². The highest BCUT2D eigenvalue weighted by Gasteiger charge is 2.36. The van der Waals surface area contributed by atoms with Crippen LogP contribution in [0.15, 0.2) is 78.9 Å². The van der Waals surface area contributed by atoms with Crippen molar-refractivity contribution in [1.82, 2.24) is 0 Å². The fourth-order valence-electron chi connectivity index (χ4n) is 3.25. The second kappa shape index (κ2) is 8.55. The molecule has 1 unspecified atom stereocenters. The lowest BCUT2D eigenvalue weighted by atomic mass is 10.1. The van der Waals surface area contributed by atoms with E-state index in [1.807, 2.05) is 43.3 Å². The van der Waals surface area contributed by atoms with Gasteiger partial charge in [0.05, 0.1) is 22.1 Å². The van der Waals surface area contributed by atoms with E-state index in [0.29, 0.717) is 22.5 Å². The smallest absolute Gasteiger partial charge is 0.266 e. The molecule has 0 bridgehead atoms. The number of carbonyl (C=O) groups excluding carboxylic acids is 3. The number of nitrogens with zero attached hydrogens (tertiary/aromatic N) is 1. The van der Waals surface area contributed by atoms with Gasteiger partial charge in [0.1, 0.15) is 0 Å². The lowest BCUT2D eigenvalue weighted by molar-refractivity contribution is -0.115. The zero-order valence-corrected chi connectivity index (χ0v) is 17.2. The third-order valence-electron chi connectivity index (χ3n) is 4.88. The third-order valence-corrected chi connectivity index (χ3v) is 6.09. The molecule has 0 aromatic heterocycles. The van der Waals surface area contributed by atoms with Gasteiger partial charge in [0.15, 0.2) is 0 Å². The van der Waals surface area contributed by atoms with Crippen LogP contribution in [0.1, 0.15) is 33.2 Å². The molecular weight excluding hydrogens is 396 g/mol. The molecule has 1 heterocycles. The van der Waals surface area contributed by atoms with Crippen LogP contribution >= 0.6 is 11.8 Å². The van der Waals surface area contributed by atoms with Crippen LogP contribution in [0, 0.1) is 0 Å². The van der Waals surface area contributed by atoms with Crippen molar-refractivity contribution < 1.29 is 14.4 Å². The molecule has 3 aromatic rings. The number of rotatable bonds is 6. The number of para-hydroxylation sites is 1. The molecular formula is C24H20N2O3S. The summed E-state index contributed by atoms with van der Waals surface area (Å²) in [7, 11) is 0. The molecule has 0 fully saturated rings. The summed E-state index contributed by atoms with van der Waals surface area (Å²) in [6, 6.07) is 23.6. The minimum Gasteiger partial charge on any atom is -0.325 e. The fourth-order valence-corrected chi connectivity index (χ4v) is 4.09. The molecule has 4 rings (SSSR count). The standard InChI is InChI=1S/C24H20N2O3S/c1-16(30-15-17-8-4-2-5-9-17)22(27)25-18-12-13-20-21(14-18)24(29)26(23(20)28)19-10-6-3-7-11-19/h2-14,16H,15H2,1H3,(H,25,27). The van der Waals surface area contributed by atoms with Gasteiger partial charge in [-0.2, -0.15) is 0 Å². The van der Waals surface area contributed by atoms with E-state index in [-0.39, 0.29) is 23.0 Å². The number of fused-ring (bicyclic) bond motifs is 1. The summed E-state index contributed by atoms with van der Waals surface area (Å²) < 4.78 is 0. The van der Waals surface area contributed by atoms with E-state index in [9.17, 15) is 14.4 Å². The zero-order valence-electron chi connectivity index (χ0n) is 16.4. The van der Waals surface area contributed by atoms with Crippen LogP contribution in [0.3, 0.4) is 0 Å². The van der Waals surface area contributed by atoms with Crippen molar-refractivity contribution in [2.24, 2.45) is 0 Å². The molecule has 0 saturated carbocycles. The van der Waals surface area contributed by atoms with Gasteiger partial charge >= 0.3 is 0 Å². The SMILES string of the molecule is CC(SCc1ccccc1)C(=O)Nc1ccc2c(c1)C(=O)N(c1ccccc1)C2=O. The minimum atomic E-state index is -0.385. The molecule has 0 aliphatic carbocycles. The van der Waals surface area contributed by atoms with Crippen LogP contribution in [-0.2, 0) is 10.5 Å². The van der Waals surface area contributed by atoms with Crippen molar-refractivity contribution in [2.45, 2.75) is 17.9 Å². The largest absolute Gasteiger partial charge is 0.325 e. The van der Waals surface area contributed by atoms with Gasteiger partial charge in [-0.15, -0.1) is 11.8 Å². The number of carbonyl (C=O) groups is 3. The topological polar surface area (TPSA) is 66.5 Å². The van der Waals surface area contributed by atoms with E-state index < -0.39 is 0 Å². The van der Waals surface area contributed by atoms with Crippen molar-refractivity contribution in [3.63, 3.8) is 0 Å². The number of nitrogens with one attached hydrogen (secondary N) is 1. The van der Waals surface area contributed by atoms with Gasteiger partial charge in [-0.1, -0.05) is 48.5 Å². The maximum atomic E-state index is 12.8. The van der Waals surface area contributed by atoms with Crippen LogP contribution < -0.4 is 10.2 Å². The van der Waals surface area contributed by atoms with Crippen LogP contribution in [0.2, 0.25) is 0 Å². The van der Waals surface area contributed by atoms with E-state index in [0.717, 1.165) is 16.2 Å². The monoisotopic (exact) mass is 416 g/mol. The zero-order chi connectivity index (χ0) is 21.1. The third kappa shape index (κ3) is 4.00. The molecule has 1 atom stereocenters. The maximum Gasteiger partial charge on any atom is 0.266 e. The molecule has 0 radical (unpaired) electrons. The summed E-state index contributed by atoms with van der Waals surface area (Å²) in [5.74, 6) is -0.152. The minimum absolute atomic E-state index is 0.146. The lowest BCUT2D eigenvalue weighted by Crippen LogP contribution is -2.29. The van der Waals surface area contributed by atoms with Crippen molar-refractivity contribution in [1.29, 1.82) is 0 Å². The molecule has 0 spiro atoms. The molecule has 1 N–H and O–H groups in total. The molecule has 3 aromatic carbocycles. The normalized spacial score (nSPS) is 13.8. The van der Waals surface area contributed by atoms with Crippen LogP contribution in [0.25, 0.3) is 0 Å². The van der Waals surface area contributed by atoms with Crippen LogP contribution in [-0.4, -0.2) is 23.0 Å². The number of anilines is 2. The molecule has 150 valence electrons. The van der Waals surface area contributed by atoms with Gasteiger partial charge in [0.2, 0.25) is 5.91 Å². The van der Waals surface area contributed by atoms with Gasteiger partial charge < -0.3 is 5.32 Å². The highest BCUT2D eigenvalue weighted by atomic mass is 32.2. The van der Waals surface area contributed by atoms with Crippen LogP contribution in [0.4, 0.5) is 11.4 Å². The Bertz CT molecular complexity index is 1100. The number of hydrogen-bond acceptors (Lipinski definition) is 4. The predicted molar refractivity (Wildman–Crippen MR) is 120 cm³/mol. The lowest BCUT2D eigenvalue weighted by Gasteiger charge is -2.13. The van der Waals surface area contributed by atoms with Gasteiger partial charge in [-0.05, 0) is 42.8 Å². The molecule has 0 saturated heterocycles. The first-order valence-electron chi connectivity index (χ1n) is 9.59. The number of hydrogen-bond donors (Lipinski definition) is 1. The van der Waals surface area contributed by atoms with Crippen molar-refractivity contribution in [3.05, 3.63) is 95.6 Å². The Hall–Kier alpha value is -3.38. The summed E-state index contributed by atoms with van der Waals surface area (Å²) in [4.78, 5) is 39.2. The molecule has 30 heavy (non-hydrogen) atoms. The van der Waals surface area contributed by atoms with Crippen molar-refractivity contribution in [2.75, 3.05) is 10.2 Å². The number of thioether (sulfide) groups is 1. The summed E-state index contributed by atoms with van der Waals surface area (Å²) in [5, 5.41) is 2.59. The summed E-state index contributed by atoms with van der Waals surface area (Å²) in [6.07, 6.45) is 0. The molecule has 3 amide bonds. The van der Waals surface area contributed by atoms with E-state index in [4.69, 9.17) is 0 Å². The Labute approximate surface area is 179 Å². The van der Waals surface area contributed by atoms with E-state index in [1.54, 1.807) is 42.5 Å². The molecule has 1 aliphatic heterocycles. The number of amides is 3. The maximum absolute atomic E-state index is 12.8. The van der Waals surface area contributed by atoms with E-state index >= 15 is 0 Å². The number of imide groups is 1. The summed E-state index contributed by atoms with van der Waals surface area (Å²) in [6.45, 7) is 1.85. The Morgan fingerprint density at radius 1 is 0.900 bits per heavy atom. The fraction of sp³-hybridized carbons (Fsp3) is 0.125. The van der Waals surface area contributed by atoms with E-state index in [2.05, 4.69) is 5.32 Å². The Balaban J connectivity index is 1.45. The highest BCUT2D eigenvalue weighted by Crippen LogP contribution is 2.30. The van der Waals surface area contributed by atoms with Crippen molar-refractivity contribution in [3.8, 4) is 0 Å². The predicted octanol–water partition coefficient (Wildman–Crippen LogP) is 4.75. The summed E-state index contributed by atoms with van der Waals surface area (Å²) in [5.41, 5.74) is 2.83. The first kappa shape index (κ1) is 19.9. The molecule has 1 aliphatic rings. The highest BCUT2D eigenvalue weighted by molar-refractivity contribution is 7.99. The second-order valence-electron chi connectivity index (χ2n) is 6.97. The Morgan fingerprint density at radius 3 is 2.23 bits per heavy atom. The van der Waals surface area contributed by atoms with Gasteiger partial charge in [-0.25, -0.2) is 4.90 Å². The molecule has 5 nitrogen and oxygen atoms in total. The average molecular weight is 417 g/mol. The second-order valence-corrected chi connectivity index (χ2v) is 8.30. The first-order valence-corrected chi connectivity index (χ1v) is 10.6. The Morgan fingerprint density at radius 2 is 1.53 bits per heavy atom. The first-order chi connectivity index (χ1) is 14.5. The average Bonchev–Trinajstić information content (AvgIpc) is 3.03. The van der Waals surface area contributed by atoms with Crippen molar-refractivity contribution >= 4 is 40.9 Å². The quantitative estimate of drug-likeness (QED) is 0.589. The van der Waals surface area contributed by atoms with Gasteiger partial charge in [-0.3, -0.25) is 14.4 Å². The van der Waals surface area contributed by atoms with Gasteiger partial charge in [0, 0.05) is 11.4 Å². The number of benzene rings is 3. The van der Waals surface area contributed by atoms with Crippen LogP contribution in [0.5, 0.6) is 0 Å². The van der Waals surface area contributed by atoms with Gasteiger partial charge in [0.25, 0.3) is 11.8 Å². The Kier molecular flexibility index (Phi) is 5.68.